The van der Waals surface area contributed by atoms with Crippen LogP contribution in [0.1, 0.15) is 0 Å². The Balaban J connectivity index is 3.42. The average molecular weight is 182 g/mol. The van der Waals surface area contributed by atoms with Crippen molar-refractivity contribution in [1.29, 1.82) is 0 Å². The summed E-state index contributed by atoms with van der Waals surface area (Å²) in [6.45, 7) is -0.149. The molecular formula is C5H11O5P. The lowest BCUT2D eigenvalue weighted by atomic mass is 10.8. The zero-order chi connectivity index (χ0) is 8.69. The van der Waals surface area contributed by atoms with Crippen LogP contribution in [0.4, 0.5) is 0 Å². The maximum atomic E-state index is 10.5. The summed E-state index contributed by atoms with van der Waals surface area (Å²) < 4.78 is 18.6. The highest BCUT2D eigenvalue weighted by Gasteiger charge is 2.10. The van der Waals surface area contributed by atoms with E-state index in [9.17, 15) is 4.79 Å². The molecule has 0 atom stereocenters. The molecule has 0 aromatic rings. The van der Waals surface area contributed by atoms with Crippen LogP contribution in [0.3, 0.4) is 0 Å². The van der Waals surface area contributed by atoms with Gasteiger partial charge in [0.05, 0.1) is 7.11 Å². The van der Waals surface area contributed by atoms with Gasteiger partial charge in [-0.1, -0.05) is 0 Å². The summed E-state index contributed by atoms with van der Waals surface area (Å²) in [4.78, 5) is 10.5. The fourth-order valence-electron chi connectivity index (χ4n) is 0.344. The van der Waals surface area contributed by atoms with Gasteiger partial charge in [-0.25, -0.2) is 4.79 Å². The molecule has 11 heavy (non-hydrogen) atoms. The molecule has 0 aliphatic heterocycles. The smallest absolute Gasteiger partial charge is 0.332 e. The van der Waals surface area contributed by atoms with E-state index >= 15 is 0 Å². The monoisotopic (exact) mass is 182 g/mol. The van der Waals surface area contributed by atoms with Gasteiger partial charge in [0.1, 0.15) is 0 Å². The quantitative estimate of drug-likeness (QED) is 0.462. The number of rotatable bonds is 5. The molecule has 0 spiro atoms. The van der Waals surface area contributed by atoms with E-state index in [2.05, 4.69) is 4.74 Å². The van der Waals surface area contributed by atoms with E-state index in [4.69, 9.17) is 13.6 Å². The van der Waals surface area contributed by atoms with Gasteiger partial charge in [-0.2, -0.15) is 0 Å². The van der Waals surface area contributed by atoms with Gasteiger partial charge in [0, 0.05) is 14.2 Å². The first kappa shape index (κ1) is 10.8. The van der Waals surface area contributed by atoms with Crippen LogP contribution in [-0.2, 0) is 23.1 Å². The Morgan fingerprint density at radius 3 is 2.18 bits per heavy atom. The minimum atomic E-state index is -1.40. The van der Waals surface area contributed by atoms with Crippen molar-refractivity contribution < 1.29 is 23.1 Å². The van der Waals surface area contributed by atoms with Crippen molar-refractivity contribution in [1.82, 2.24) is 0 Å². The van der Waals surface area contributed by atoms with E-state index in [1.807, 2.05) is 0 Å². The Bertz CT molecular complexity index is 113. The van der Waals surface area contributed by atoms with E-state index in [1.54, 1.807) is 0 Å². The van der Waals surface area contributed by atoms with Gasteiger partial charge in [-0.05, 0) is 0 Å². The molecule has 0 radical (unpaired) electrons. The van der Waals surface area contributed by atoms with Gasteiger partial charge < -0.3 is 18.3 Å². The van der Waals surface area contributed by atoms with E-state index in [0.29, 0.717) is 0 Å². The number of carbonyl (C=O) groups excluding carboxylic acids is 1. The zero-order valence-corrected chi connectivity index (χ0v) is 7.59. The predicted octanol–water partition coefficient (Wildman–Crippen LogP) is 0.696. The van der Waals surface area contributed by atoms with Crippen LogP contribution < -0.4 is 0 Å². The summed E-state index contributed by atoms with van der Waals surface area (Å²) in [6.07, 6.45) is 0. The van der Waals surface area contributed by atoms with E-state index in [1.165, 1.54) is 21.3 Å². The number of ether oxygens (including phenoxy) is 1. The molecule has 0 aliphatic rings. The molecule has 0 N–H and O–H groups in total. The first-order valence-electron chi connectivity index (χ1n) is 2.82. The minimum Gasteiger partial charge on any atom is -0.467 e. The van der Waals surface area contributed by atoms with Crippen LogP contribution in [0.25, 0.3) is 0 Å². The van der Waals surface area contributed by atoms with Gasteiger partial charge in [0.15, 0.2) is 6.61 Å². The van der Waals surface area contributed by atoms with Gasteiger partial charge in [0.2, 0.25) is 0 Å². The molecule has 0 heterocycles. The van der Waals surface area contributed by atoms with E-state index < -0.39 is 14.6 Å². The molecule has 0 saturated heterocycles. The normalized spacial score (nSPS) is 10.2. The highest BCUT2D eigenvalue weighted by molar-refractivity contribution is 7.41. The molecule has 0 fully saturated rings. The SMILES string of the molecule is COC(=O)COP(OC)OC. The minimum absolute atomic E-state index is 0.149. The van der Waals surface area contributed by atoms with Gasteiger partial charge in [-0.15, -0.1) is 0 Å². The van der Waals surface area contributed by atoms with Crippen molar-refractivity contribution in [3.05, 3.63) is 0 Å². The second kappa shape index (κ2) is 6.49. The van der Waals surface area contributed by atoms with Crippen LogP contribution in [0.2, 0.25) is 0 Å². The summed E-state index contributed by atoms with van der Waals surface area (Å²) in [5.74, 6) is -0.452. The number of carbonyl (C=O) groups is 1. The van der Waals surface area contributed by atoms with Crippen molar-refractivity contribution in [3.8, 4) is 0 Å². The Labute approximate surface area is 66.6 Å². The number of esters is 1. The summed E-state index contributed by atoms with van der Waals surface area (Å²) in [7, 11) is 2.76. The van der Waals surface area contributed by atoms with Crippen LogP contribution in [0, 0.1) is 0 Å². The van der Waals surface area contributed by atoms with Crippen molar-refractivity contribution in [2.24, 2.45) is 0 Å². The highest BCUT2D eigenvalue weighted by atomic mass is 31.2. The number of methoxy groups -OCH3 is 1. The molecule has 0 unspecified atom stereocenters. The number of hydrogen-bond acceptors (Lipinski definition) is 5. The molecule has 0 saturated carbocycles. The van der Waals surface area contributed by atoms with Crippen molar-refractivity contribution in [2.45, 2.75) is 0 Å². The predicted molar refractivity (Wildman–Crippen MR) is 38.9 cm³/mol. The second-order valence-corrected chi connectivity index (χ2v) is 2.87. The standard InChI is InChI=1S/C5H11O5P/c1-7-5(6)4-10-11(8-2)9-3/h4H2,1-3H3. The fraction of sp³-hybridized carbons (Fsp3) is 0.800. The maximum Gasteiger partial charge on any atom is 0.332 e. The lowest BCUT2D eigenvalue weighted by molar-refractivity contribution is -0.143. The first-order chi connectivity index (χ1) is 5.24. The summed E-state index contributed by atoms with van der Waals surface area (Å²) in [5.41, 5.74) is 0. The van der Waals surface area contributed by atoms with Crippen molar-refractivity contribution in [2.75, 3.05) is 27.9 Å². The Hall–Kier alpha value is -0.220. The first-order valence-corrected chi connectivity index (χ1v) is 3.92. The topological polar surface area (TPSA) is 54.0 Å². The van der Waals surface area contributed by atoms with Crippen LogP contribution in [0.5, 0.6) is 0 Å². The van der Waals surface area contributed by atoms with Gasteiger partial charge >= 0.3 is 14.6 Å². The number of hydrogen-bond donors (Lipinski definition) is 0. The van der Waals surface area contributed by atoms with Crippen molar-refractivity contribution >= 4 is 14.6 Å². The summed E-state index contributed by atoms with van der Waals surface area (Å²) in [6, 6.07) is 0. The molecule has 0 rings (SSSR count). The fourth-order valence-corrected chi connectivity index (χ4v) is 0.915. The van der Waals surface area contributed by atoms with Crippen LogP contribution in [-0.4, -0.2) is 33.9 Å². The van der Waals surface area contributed by atoms with Crippen molar-refractivity contribution in [3.63, 3.8) is 0 Å². The van der Waals surface area contributed by atoms with Crippen LogP contribution in [0.15, 0.2) is 0 Å². The molecule has 0 aromatic heterocycles. The third-order valence-electron chi connectivity index (χ3n) is 0.814. The molecule has 0 aliphatic carbocycles. The zero-order valence-electron chi connectivity index (χ0n) is 6.70. The lowest BCUT2D eigenvalue weighted by Crippen LogP contribution is -2.08. The Morgan fingerprint density at radius 1 is 1.27 bits per heavy atom. The molecular weight excluding hydrogens is 171 g/mol. The molecule has 0 amide bonds. The highest BCUT2D eigenvalue weighted by Crippen LogP contribution is 2.36. The van der Waals surface area contributed by atoms with E-state index in [-0.39, 0.29) is 6.61 Å². The summed E-state index contributed by atoms with van der Waals surface area (Å²) in [5, 5.41) is 0. The van der Waals surface area contributed by atoms with Gasteiger partial charge in [-0.3, -0.25) is 0 Å². The largest absolute Gasteiger partial charge is 0.467 e. The third-order valence-corrected chi connectivity index (χ3v) is 1.75. The van der Waals surface area contributed by atoms with E-state index in [0.717, 1.165) is 0 Å². The molecule has 66 valence electrons. The maximum absolute atomic E-state index is 10.5. The molecule has 5 nitrogen and oxygen atoms in total. The Kier molecular flexibility index (Phi) is 6.36. The average Bonchev–Trinajstić information content (AvgIpc) is 2.06. The van der Waals surface area contributed by atoms with Crippen LogP contribution >= 0.6 is 8.60 Å². The lowest BCUT2D eigenvalue weighted by Gasteiger charge is -2.09. The molecule has 6 heteroatoms. The molecule has 0 aromatic carbocycles. The Morgan fingerprint density at radius 2 is 1.82 bits per heavy atom. The second-order valence-electron chi connectivity index (χ2n) is 1.44. The van der Waals surface area contributed by atoms with Gasteiger partial charge in [0.25, 0.3) is 0 Å². The summed E-state index contributed by atoms with van der Waals surface area (Å²) >= 11 is 0. The third kappa shape index (κ3) is 5.09. The molecule has 0 bridgehead atoms.